The van der Waals surface area contributed by atoms with E-state index in [1.54, 1.807) is 6.20 Å². The van der Waals surface area contributed by atoms with Gasteiger partial charge in [-0.25, -0.2) is 4.79 Å². The summed E-state index contributed by atoms with van der Waals surface area (Å²) in [5.41, 5.74) is 4.20. The zero-order valence-corrected chi connectivity index (χ0v) is 10.9. The Morgan fingerprint density at radius 3 is 2.65 bits per heavy atom. The van der Waals surface area contributed by atoms with Crippen LogP contribution in [0.15, 0.2) is 30.0 Å². The summed E-state index contributed by atoms with van der Waals surface area (Å²) in [5.74, 6) is 0. The first-order valence-corrected chi connectivity index (χ1v) is 5.84. The first kappa shape index (κ1) is 13.3. The van der Waals surface area contributed by atoms with Crippen molar-refractivity contribution in [2.24, 2.45) is 0 Å². The molecular formula is C14H20N2O. The number of anilines is 1. The monoisotopic (exact) mass is 232 g/mol. The third-order valence-corrected chi connectivity index (χ3v) is 2.47. The van der Waals surface area contributed by atoms with Gasteiger partial charge in [-0.2, -0.15) is 0 Å². The first-order valence-electron chi connectivity index (χ1n) is 5.84. The van der Waals surface area contributed by atoms with Crippen LogP contribution >= 0.6 is 0 Å². The van der Waals surface area contributed by atoms with E-state index in [0.717, 1.165) is 28.8 Å². The number of carbonyl (C=O) groups excluding carboxylic acids is 1. The van der Waals surface area contributed by atoms with Crippen LogP contribution in [0.5, 0.6) is 0 Å². The quantitative estimate of drug-likeness (QED) is 0.821. The van der Waals surface area contributed by atoms with Crippen molar-refractivity contribution in [2.45, 2.75) is 34.1 Å². The summed E-state index contributed by atoms with van der Waals surface area (Å²) in [7, 11) is 0. The van der Waals surface area contributed by atoms with E-state index in [0.29, 0.717) is 0 Å². The van der Waals surface area contributed by atoms with Crippen molar-refractivity contribution in [1.29, 1.82) is 0 Å². The van der Waals surface area contributed by atoms with Gasteiger partial charge in [0.25, 0.3) is 0 Å². The molecule has 0 radical (unpaired) electrons. The largest absolute Gasteiger partial charge is 0.323 e. The van der Waals surface area contributed by atoms with Crippen LogP contribution < -0.4 is 10.6 Å². The second-order valence-electron chi connectivity index (χ2n) is 4.28. The molecule has 0 unspecified atom stereocenters. The van der Waals surface area contributed by atoms with Gasteiger partial charge in [0.2, 0.25) is 0 Å². The molecule has 0 spiro atoms. The van der Waals surface area contributed by atoms with Crippen LogP contribution in [0.1, 0.15) is 31.9 Å². The van der Waals surface area contributed by atoms with Crippen LogP contribution in [0.2, 0.25) is 0 Å². The Labute approximate surface area is 103 Å². The summed E-state index contributed by atoms with van der Waals surface area (Å²) < 4.78 is 0. The zero-order chi connectivity index (χ0) is 12.8. The lowest BCUT2D eigenvalue weighted by Gasteiger charge is -2.12. The number of hydrogen-bond acceptors (Lipinski definition) is 1. The number of hydrogen-bond donors (Lipinski definition) is 2. The smallest absolute Gasteiger partial charge is 0.314 e. The van der Waals surface area contributed by atoms with Crippen LogP contribution in [-0.2, 0) is 6.42 Å². The minimum Gasteiger partial charge on any atom is -0.314 e. The van der Waals surface area contributed by atoms with Crippen molar-refractivity contribution < 1.29 is 4.79 Å². The van der Waals surface area contributed by atoms with Crippen LogP contribution in [-0.4, -0.2) is 6.03 Å². The number of allylic oxidation sites excluding steroid dienone is 1. The normalized spacial score (nSPS) is 9.65. The van der Waals surface area contributed by atoms with E-state index < -0.39 is 0 Å². The molecule has 1 aromatic carbocycles. The van der Waals surface area contributed by atoms with Gasteiger partial charge in [-0.05, 0) is 38.3 Å². The predicted molar refractivity (Wildman–Crippen MR) is 72.1 cm³/mol. The van der Waals surface area contributed by atoms with Crippen LogP contribution in [0.4, 0.5) is 10.5 Å². The fourth-order valence-electron chi connectivity index (χ4n) is 1.56. The lowest BCUT2D eigenvalue weighted by Crippen LogP contribution is -2.25. The lowest BCUT2D eigenvalue weighted by molar-refractivity contribution is 0.255. The molecule has 1 aromatic rings. The van der Waals surface area contributed by atoms with Gasteiger partial charge in [0.1, 0.15) is 0 Å². The van der Waals surface area contributed by atoms with Crippen molar-refractivity contribution in [3.05, 3.63) is 41.1 Å². The number of nitrogens with one attached hydrogen (secondary N) is 2. The second-order valence-corrected chi connectivity index (χ2v) is 4.28. The van der Waals surface area contributed by atoms with Crippen molar-refractivity contribution in [3.8, 4) is 0 Å². The summed E-state index contributed by atoms with van der Waals surface area (Å²) in [6.07, 6.45) is 2.60. The van der Waals surface area contributed by atoms with E-state index in [4.69, 9.17) is 0 Å². The molecule has 0 aromatic heterocycles. The highest BCUT2D eigenvalue weighted by atomic mass is 16.2. The third kappa shape index (κ3) is 3.94. The van der Waals surface area contributed by atoms with Crippen molar-refractivity contribution in [2.75, 3.05) is 5.32 Å². The molecule has 0 aliphatic rings. The highest BCUT2D eigenvalue weighted by Crippen LogP contribution is 2.20. The maximum absolute atomic E-state index is 11.7. The van der Waals surface area contributed by atoms with Gasteiger partial charge in [0.15, 0.2) is 0 Å². The van der Waals surface area contributed by atoms with Crippen LogP contribution in [0.25, 0.3) is 0 Å². The van der Waals surface area contributed by atoms with Gasteiger partial charge in [-0.3, -0.25) is 0 Å². The molecule has 3 heteroatoms. The standard InChI is InChI=1S/C14H20N2O/c1-5-12-8-6-7-11(4)13(12)16-14(17)15-9-10(2)3/h6-9H,5H2,1-4H3,(H2,15,16,17). The van der Waals surface area contributed by atoms with E-state index in [9.17, 15) is 4.79 Å². The van der Waals surface area contributed by atoms with Crippen LogP contribution in [0, 0.1) is 6.92 Å². The summed E-state index contributed by atoms with van der Waals surface area (Å²) in [4.78, 5) is 11.7. The molecule has 3 nitrogen and oxygen atoms in total. The Morgan fingerprint density at radius 2 is 2.06 bits per heavy atom. The third-order valence-electron chi connectivity index (χ3n) is 2.47. The van der Waals surface area contributed by atoms with Crippen LogP contribution in [0.3, 0.4) is 0 Å². The van der Waals surface area contributed by atoms with E-state index in [2.05, 4.69) is 17.6 Å². The van der Waals surface area contributed by atoms with Crippen molar-refractivity contribution in [3.63, 3.8) is 0 Å². The van der Waals surface area contributed by atoms with Crippen molar-refractivity contribution >= 4 is 11.7 Å². The Hall–Kier alpha value is -1.77. The summed E-state index contributed by atoms with van der Waals surface area (Å²) in [6.45, 7) is 7.95. The summed E-state index contributed by atoms with van der Waals surface area (Å²) in [5, 5.41) is 5.59. The van der Waals surface area contributed by atoms with E-state index in [-0.39, 0.29) is 6.03 Å². The average Bonchev–Trinajstić information content (AvgIpc) is 2.29. The number of urea groups is 1. The highest BCUT2D eigenvalue weighted by molar-refractivity contribution is 5.91. The second kappa shape index (κ2) is 6.09. The van der Waals surface area contributed by atoms with Crippen molar-refractivity contribution in [1.82, 2.24) is 5.32 Å². The molecule has 0 aliphatic carbocycles. The first-order chi connectivity index (χ1) is 8.04. The Morgan fingerprint density at radius 1 is 1.35 bits per heavy atom. The Kier molecular flexibility index (Phi) is 4.76. The van der Waals surface area contributed by atoms with Gasteiger partial charge in [-0.1, -0.05) is 30.7 Å². The number of para-hydroxylation sites is 1. The maximum Gasteiger partial charge on any atom is 0.323 e. The number of rotatable bonds is 3. The van der Waals surface area contributed by atoms with E-state index in [1.807, 2.05) is 39.0 Å². The predicted octanol–water partition coefficient (Wildman–Crippen LogP) is 3.60. The van der Waals surface area contributed by atoms with Gasteiger partial charge in [0, 0.05) is 11.9 Å². The minimum absolute atomic E-state index is 0.199. The van der Waals surface area contributed by atoms with E-state index >= 15 is 0 Å². The molecule has 1 rings (SSSR count). The molecule has 0 atom stereocenters. The molecule has 0 saturated carbocycles. The van der Waals surface area contributed by atoms with E-state index in [1.165, 1.54) is 0 Å². The number of benzene rings is 1. The minimum atomic E-state index is -0.199. The SMILES string of the molecule is CCc1cccc(C)c1NC(=O)NC=C(C)C. The molecule has 17 heavy (non-hydrogen) atoms. The number of aryl methyl sites for hydroxylation is 2. The molecule has 92 valence electrons. The molecule has 0 bridgehead atoms. The molecule has 2 amide bonds. The average molecular weight is 232 g/mol. The maximum atomic E-state index is 11.7. The Bertz CT molecular complexity index is 432. The molecule has 0 aliphatic heterocycles. The molecule has 0 saturated heterocycles. The topological polar surface area (TPSA) is 41.1 Å². The molecule has 2 N–H and O–H groups in total. The van der Waals surface area contributed by atoms with Gasteiger partial charge >= 0.3 is 6.03 Å². The molecule has 0 fully saturated rings. The number of carbonyl (C=O) groups is 1. The number of amides is 2. The molecule has 0 heterocycles. The fraction of sp³-hybridized carbons (Fsp3) is 0.357. The fourth-order valence-corrected chi connectivity index (χ4v) is 1.56. The Balaban J connectivity index is 2.81. The highest BCUT2D eigenvalue weighted by Gasteiger charge is 2.06. The summed E-state index contributed by atoms with van der Waals surface area (Å²) >= 11 is 0. The summed E-state index contributed by atoms with van der Waals surface area (Å²) in [6, 6.07) is 5.84. The van der Waals surface area contributed by atoms with Gasteiger partial charge in [-0.15, -0.1) is 0 Å². The zero-order valence-electron chi connectivity index (χ0n) is 10.9. The lowest BCUT2D eigenvalue weighted by atomic mass is 10.1. The molecular weight excluding hydrogens is 212 g/mol. The van der Waals surface area contributed by atoms with Gasteiger partial charge < -0.3 is 10.6 Å². The van der Waals surface area contributed by atoms with Gasteiger partial charge in [0.05, 0.1) is 0 Å².